The second-order valence-corrected chi connectivity index (χ2v) is 6.32. The van der Waals surface area contributed by atoms with Gasteiger partial charge in [0, 0.05) is 12.1 Å². The average molecular weight is 302 g/mol. The summed E-state index contributed by atoms with van der Waals surface area (Å²) in [7, 11) is -3.91. The third-order valence-corrected chi connectivity index (χ3v) is 4.29. The Hall–Kier alpha value is -2.36. The Morgan fingerprint density at radius 3 is 2.29 bits per heavy atom. The van der Waals surface area contributed by atoms with Gasteiger partial charge in [0.25, 0.3) is 10.0 Å². The SMILES string of the molecule is N#Cc1ccc(NS(=O)(=O)C(O)Cc2ccccc2)cc1. The van der Waals surface area contributed by atoms with E-state index >= 15 is 0 Å². The van der Waals surface area contributed by atoms with E-state index in [1.54, 1.807) is 24.3 Å². The monoisotopic (exact) mass is 302 g/mol. The van der Waals surface area contributed by atoms with Gasteiger partial charge in [-0.2, -0.15) is 5.26 Å². The van der Waals surface area contributed by atoms with Crippen LogP contribution in [0.25, 0.3) is 0 Å². The molecule has 0 saturated heterocycles. The van der Waals surface area contributed by atoms with Crippen LogP contribution in [0.2, 0.25) is 0 Å². The van der Waals surface area contributed by atoms with Crippen LogP contribution in [0.15, 0.2) is 54.6 Å². The summed E-state index contributed by atoms with van der Waals surface area (Å²) < 4.78 is 26.4. The third-order valence-electron chi connectivity index (χ3n) is 2.89. The number of sulfonamides is 1. The zero-order chi connectivity index (χ0) is 15.3. The Kier molecular flexibility index (Phi) is 4.58. The summed E-state index contributed by atoms with van der Waals surface area (Å²) in [5, 5.41) is 18.6. The number of hydrogen-bond acceptors (Lipinski definition) is 4. The second kappa shape index (κ2) is 6.39. The summed E-state index contributed by atoms with van der Waals surface area (Å²) in [6.45, 7) is 0. The van der Waals surface area contributed by atoms with Crippen LogP contribution in [0.3, 0.4) is 0 Å². The van der Waals surface area contributed by atoms with Crippen molar-refractivity contribution in [3.8, 4) is 6.07 Å². The van der Waals surface area contributed by atoms with Gasteiger partial charge in [-0.1, -0.05) is 30.3 Å². The topological polar surface area (TPSA) is 90.2 Å². The molecule has 21 heavy (non-hydrogen) atoms. The molecule has 0 fully saturated rings. The third kappa shape index (κ3) is 4.05. The van der Waals surface area contributed by atoms with Crippen molar-refractivity contribution in [3.63, 3.8) is 0 Å². The number of anilines is 1. The summed E-state index contributed by atoms with van der Waals surface area (Å²) in [4.78, 5) is 0. The van der Waals surface area contributed by atoms with Gasteiger partial charge in [-0.25, -0.2) is 8.42 Å². The minimum Gasteiger partial charge on any atom is -0.375 e. The quantitative estimate of drug-likeness (QED) is 0.882. The Balaban J connectivity index is 2.08. The van der Waals surface area contributed by atoms with Crippen molar-refractivity contribution in [3.05, 3.63) is 65.7 Å². The first-order valence-electron chi connectivity index (χ1n) is 6.25. The molecule has 0 heterocycles. The molecule has 0 aliphatic rings. The van der Waals surface area contributed by atoms with Gasteiger partial charge < -0.3 is 5.11 Å². The second-order valence-electron chi connectivity index (χ2n) is 4.48. The van der Waals surface area contributed by atoms with Gasteiger partial charge in [-0.05, 0) is 29.8 Å². The van der Waals surface area contributed by atoms with Gasteiger partial charge in [-0.15, -0.1) is 0 Å². The smallest absolute Gasteiger partial charge is 0.260 e. The molecule has 0 aliphatic heterocycles. The number of aliphatic hydroxyl groups is 1. The van der Waals surface area contributed by atoms with Crippen molar-refractivity contribution in [1.29, 1.82) is 5.26 Å². The highest BCUT2D eigenvalue weighted by atomic mass is 32.2. The number of benzene rings is 2. The lowest BCUT2D eigenvalue weighted by Crippen LogP contribution is -2.29. The van der Waals surface area contributed by atoms with Crippen LogP contribution in [0.5, 0.6) is 0 Å². The van der Waals surface area contributed by atoms with E-state index in [-0.39, 0.29) is 6.42 Å². The summed E-state index contributed by atoms with van der Waals surface area (Å²) in [6, 6.07) is 16.8. The standard InChI is InChI=1S/C15H14N2O3S/c16-11-13-6-8-14(9-7-13)17-21(19,20)15(18)10-12-4-2-1-3-5-12/h1-9,15,17-18H,10H2. The maximum absolute atomic E-state index is 12.0. The number of aliphatic hydroxyl groups excluding tert-OH is 1. The number of nitriles is 1. The molecule has 0 radical (unpaired) electrons. The molecule has 0 aromatic heterocycles. The molecular formula is C15H14N2O3S. The number of nitrogens with one attached hydrogen (secondary N) is 1. The molecule has 0 spiro atoms. The van der Waals surface area contributed by atoms with Crippen molar-refractivity contribution >= 4 is 15.7 Å². The molecule has 0 bridgehead atoms. The maximum atomic E-state index is 12.0. The molecule has 0 saturated carbocycles. The van der Waals surface area contributed by atoms with Gasteiger partial charge in [-0.3, -0.25) is 4.72 Å². The van der Waals surface area contributed by atoms with Crippen molar-refractivity contribution in [2.24, 2.45) is 0 Å². The highest BCUT2D eigenvalue weighted by Gasteiger charge is 2.23. The van der Waals surface area contributed by atoms with Crippen LogP contribution >= 0.6 is 0 Å². The van der Waals surface area contributed by atoms with E-state index in [1.165, 1.54) is 24.3 Å². The summed E-state index contributed by atoms with van der Waals surface area (Å²) in [5.41, 5.74) is -0.0744. The predicted octanol–water partition coefficient (Wildman–Crippen LogP) is 1.86. The number of rotatable bonds is 5. The zero-order valence-electron chi connectivity index (χ0n) is 11.1. The molecule has 5 nitrogen and oxygen atoms in total. The van der Waals surface area contributed by atoms with E-state index in [1.807, 2.05) is 12.1 Å². The van der Waals surface area contributed by atoms with Gasteiger partial charge in [0.15, 0.2) is 5.44 Å². The highest BCUT2D eigenvalue weighted by Crippen LogP contribution is 2.14. The van der Waals surface area contributed by atoms with E-state index in [4.69, 9.17) is 5.26 Å². The van der Waals surface area contributed by atoms with E-state index in [0.717, 1.165) is 5.56 Å². The van der Waals surface area contributed by atoms with E-state index in [9.17, 15) is 13.5 Å². The molecule has 0 amide bonds. The molecule has 6 heteroatoms. The first-order chi connectivity index (χ1) is 10.0. The van der Waals surface area contributed by atoms with Crippen LogP contribution in [-0.4, -0.2) is 19.0 Å². The fourth-order valence-corrected chi connectivity index (χ4v) is 2.78. The Bertz CT molecular complexity index is 735. The van der Waals surface area contributed by atoms with Gasteiger partial charge >= 0.3 is 0 Å². The molecular weight excluding hydrogens is 288 g/mol. The largest absolute Gasteiger partial charge is 0.375 e. The summed E-state index contributed by atoms with van der Waals surface area (Å²) in [5.74, 6) is 0. The van der Waals surface area contributed by atoms with Crippen LogP contribution in [0.4, 0.5) is 5.69 Å². The lowest BCUT2D eigenvalue weighted by atomic mass is 10.2. The molecule has 108 valence electrons. The predicted molar refractivity (Wildman–Crippen MR) is 79.9 cm³/mol. The Morgan fingerprint density at radius 2 is 1.71 bits per heavy atom. The fourth-order valence-electron chi connectivity index (χ4n) is 1.77. The molecule has 2 aromatic rings. The molecule has 0 aliphatic carbocycles. The molecule has 2 N–H and O–H groups in total. The lowest BCUT2D eigenvalue weighted by molar-refractivity contribution is 0.250. The minimum atomic E-state index is -3.91. The van der Waals surface area contributed by atoms with Crippen molar-refractivity contribution in [2.75, 3.05) is 4.72 Å². The van der Waals surface area contributed by atoms with Crippen molar-refractivity contribution in [2.45, 2.75) is 11.9 Å². The average Bonchev–Trinajstić information content (AvgIpc) is 2.48. The van der Waals surface area contributed by atoms with Crippen LogP contribution in [-0.2, 0) is 16.4 Å². The van der Waals surface area contributed by atoms with E-state index < -0.39 is 15.5 Å². The zero-order valence-corrected chi connectivity index (χ0v) is 11.9. The molecule has 2 aromatic carbocycles. The number of nitrogens with zero attached hydrogens (tertiary/aromatic N) is 1. The Labute approximate surface area is 123 Å². The lowest BCUT2D eigenvalue weighted by Gasteiger charge is -2.14. The molecule has 1 unspecified atom stereocenters. The van der Waals surface area contributed by atoms with E-state index in [0.29, 0.717) is 11.3 Å². The first kappa shape index (κ1) is 15.0. The van der Waals surface area contributed by atoms with Gasteiger partial charge in [0.1, 0.15) is 0 Å². The highest BCUT2D eigenvalue weighted by molar-refractivity contribution is 7.93. The van der Waals surface area contributed by atoms with Crippen LogP contribution in [0, 0.1) is 11.3 Å². The first-order valence-corrected chi connectivity index (χ1v) is 7.80. The summed E-state index contributed by atoms with van der Waals surface area (Å²) in [6.07, 6.45) is 0.00640. The molecule has 1 atom stereocenters. The van der Waals surface area contributed by atoms with E-state index in [2.05, 4.69) is 4.72 Å². The summed E-state index contributed by atoms with van der Waals surface area (Å²) >= 11 is 0. The Morgan fingerprint density at radius 1 is 1.10 bits per heavy atom. The normalized spacial score (nSPS) is 12.4. The minimum absolute atomic E-state index is 0.00640. The van der Waals surface area contributed by atoms with Crippen LogP contribution in [0.1, 0.15) is 11.1 Å². The molecule has 2 rings (SSSR count). The van der Waals surface area contributed by atoms with Gasteiger partial charge in [0.2, 0.25) is 0 Å². The fraction of sp³-hybridized carbons (Fsp3) is 0.133. The number of hydrogen-bond donors (Lipinski definition) is 2. The van der Waals surface area contributed by atoms with Crippen LogP contribution < -0.4 is 4.72 Å². The van der Waals surface area contributed by atoms with Gasteiger partial charge in [0.05, 0.1) is 11.6 Å². The van der Waals surface area contributed by atoms with Crippen molar-refractivity contribution in [1.82, 2.24) is 0 Å². The maximum Gasteiger partial charge on any atom is 0.260 e. The van der Waals surface area contributed by atoms with Crippen molar-refractivity contribution < 1.29 is 13.5 Å².